The number of carbonyl (C=O) groups is 1. The Kier molecular flexibility index (Phi) is 4.93. The third-order valence-corrected chi connectivity index (χ3v) is 4.54. The summed E-state index contributed by atoms with van der Waals surface area (Å²) in [6.45, 7) is 2.05. The molecular formula is C13H14N2O2S2. The molecule has 0 spiro atoms. The zero-order valence-electron chi connectivity index (χ0n) is 10.8. The molecule has 0 saturated heterocycles. The van der Waals surface area contributed by atoms with Crippen molar-refractivity contribution < 1.29 is 9.53 Å². The summed E-state index contributed by atoms with van der Waals surface area (Å²) < 4.78 is 5.47. The van der Waals surface area contributed by atoms with E-state index in [1.54, 1.807) is 11.3 Å². The average Bonchev–Trinajstić information content (AvgIpc) is 2.87. The third-order valence-electron chi connectivity index (χ3n) is 2.43. The number of ether oxygens (including phenoxy) is 1. The normalized spacial score (nSPS) is 10.4. The molecule has 1 aromatic carbocycles. The van der Waals surface area contributed by atoms with Gasteiger partial charge in [0.25, 0.3) is 0 Å². The van der Waals surface area contributed by atoms with Crippen molar-refractivity contribution in [1.82, 2.24) is 10.2 Å². The van der Waals surface area contributed by atoms with Crippen LogP contribution in [0.2, 0.25) is 0 Å². The van der Waals surface area contributed by atoms with Gasteiger partial charge >= 0.3 is 5.97 Å². The lowest BCUT2D eigenvalue weighted by Crippen LogP contribution is -2.00. The first-order valence-electron chi connectivity index (χ1n) is 5.79. The first-order valence-corrected chi connectivity index (χ1v) is 7.59. The molecular weight excluding hydrogens is 280 g/mol. The summed E-state index contributed by atoms with van der Waals surface area (Å²) in [6.07, 6.45) is 0.389. The number of hydrogen-bond acceptors (Lipinski definition) is 6. The second kappa shape index (κ2) is 6.68. The highest BCUT2D eigenvalue weighted by Gasteiger charge is 2.08. The molecule has 0 radical (unpaired) electrons. The highest BCUT2D eigenvalue weighted by molar-refractivity contribution is 8.01. The minimum atomic E-state index is -0.198. The molecule has 0 saturated carbocycles. The number of esters is 1. The Labute approximate surface area is 120 Å². The lowest BCUT2D eigenvalue weighted by molar-refractivity contribution is -0.140. The topological polar surface area (TPSA) is 52.1 Å². The van der Waals surface area contributed by atoms with Crippen molar-refractivity contribution in [3.63, 3.8) is 0 Å². The van der Waals surface area contributed by atoms with Gasteiger partial charge in [-0.1, -0.05) is 46.9 Å². The Morgan fingerprint density at radius 3 is 3.00 bits per heavy atom. The van der Waals surface area contributed by atoms with Crippen LogP contribution in [0.5, 0.6) is 0 Å². The molecule has 2 rings (SSSR count). The molecule has 0 aliphatic heterocycles. The van der Waals surface area contributed by atoms with Gasteiger partial charge in [-0.3, -0.25) is 4.79 Å². The first kappa shape index (κ1) is 14.0. The van der Waals surface area contributed by atoms with Crippen molar-refractivity contribution in [1.29, 1.82) is 0 Å². The van der Waals surface area contributed by atoms with Gasteiger partial charge in [0.05, 0.1) is 13.5 Å². The Morgan fingerprint density at radius 2 is 2.26 bits per heavy atom. The zero-order valence-corrected chi connectivity index (χ0v) is 12.4. The van der Waals surface area contributed by atoms with Gasteiger partial charge < -0.3 is 4.74 Å². The van der Waals surface area contributed by atoms with Crippen LogP contribution in [-0.2, 0) is 9.53 Å². The number of aryl methyl sites for hydroxylation is 1. The summed E-state index contributed by atoms with van der Waals surface area (Å²) in [6, 6.07) is 8.17. The monoisotopic (exact) mass is 294 g/mol. The third kappa shape index (κ3) is 4.04. The van der Waals surface area contributed by atoms with Crippen molar-refractivity contribution in [3.8, 4) is 10.6 Å². The average molecular weight is 294 g/mol. The van der Waals surface area contributed by atoms with Gasteiger partial charge in [0.15, 0.2) is 4.34 Å². The Hall–Kier alpha value is -1.40. The molecule has 0 aliphatic rings. The second-order valence-electron chi connectivity index (χ2n) is 3.92. The number of methoxy groups -OCH3 is 1. The molecule has 0 atom stereocenters. The van der Waals surface area contributed by atoms with Crippen molar-refractivity contribution in [3.05, 3.63) is 29.8 Å². The predicted molar refractivity (Wildman–Crippen MR) is 77.4 cm³/mol. The minimum Gasteiger partial charge on any atom is -0.469 e. The number of aromatic nitrogens is 2. The fourth-order valence-corrected chi connectivity index (χ4v) is 3.32. The van der Waals surface area contributed by atoms with E-state index in [1.165, 1.54) is 24.4 Å². The summed E-state index contributed by atoms with van der Waals surface area (Å²) in [4.78, 5) is 11.0. The smallest absolute Gasteiger partial charge is 0.306 e. The fraction of sp³-hybridized carbons (Fsp3) is 0.308. The molecule has 0 N–H and O–H groups in total. The minimum absolute atomic E-state index is 0.198. The number of thioether (sulfide) groups is 1. The van der Waals surface area contributed by atoms with Gasteiger partial charge in [0.2, 0.25) is 0 Å². The maximum Gasteiger partial charge on any atom is 0.306 e. The van der Waals surface area contributed by atoms with E-state index in [2.05, 4.69) is 34.0 Å². The zero-order chi connectivity index (χ0) is 13.7. The van der Waals surface area contributed by atoms with E-state index in [9.17, 15) is 4.79 Å². The van der Waals surface area contributed by atoms with Crippen molar-refractivity contribution in [2.24, 2.45) is 0 Å². The summed E-state index contributed by atoms with van der Waals surface area (Å²) >= 11 is 3.07. The molecule has 19 heavy (non-hydrogen) atoms. The van der Waals surface area contributed by atoms with Crippen molar-refractivity contribution in [2.75, 3.05) is 12.9 Å². The van der Waals surface area contributed by atoms with E-state index in [4.69, 9.17) is 0 Å². The van der Waals surface area contributed by atoms with Crippen LogP contribution in [0.25, 0.3) is 10.6 Å². The molecule has 1 heterocycles. The van der Waals surface area contributed by atoms with Crippen LogP contribution in [0.4, 0.5) is 0 Å². The Balaban J connectivity index is 1.97. The summed E-state index contributed by atoms with van der Waals surface area (Å²) in [5.74, 6) is 0.464. The second-order valence-corrected chi connectivity index (χ2v) is 6.24. The Bertz CT molecular complexity index is 569. The molecule has 0 amide bonds. The number of benzene rings is 1. The Morgan fingerprint density at radius 1 is 1.42 bits per heavy atom. The maximum atomic E-state index is 11.0. The fourth-order valence-electron chi connectivity index (χ4n) is 1.49. The highest BCUT2D eigenvalue weighted by Crippen LogP contribution is 2.29. The molecule has 0 aliphatic carbocycles. The van der Waals surface area contributed by atoms with E-state index >= 15 is 0 Å². The summed E-state index contributed by atoms with van der Waals surface area (Å²) in [7, 11) is 1.40. The molecule has 6 heteroatoms. The quantitative estimate of drug-likeness (QED) is 0.626. The summed E-state index contributed by atoms with van der Waals surface area (Å²) in [5.41, 5.74) is 2.28. The molecule has 2 aromatic rings. The van der Waals surface area contributed by atoms with Gasteiger partial charge in [-0.2, -0.15) is 0 Å². The van der Waals surface area contributed by atoms with Crippen LogP contribution >= 0.6 is 23.1 Å². The van der Waals surface area contributed by atoms with Crippen molar-refractivity contribution >= 4 is 29.1 Å². The van der Waals surface area contributed by atoms with E-state index in [0.29, 0.717) is 12.2 Å². The van der Waals surface area contributed by atoms with E-state index in [-0.39, 0.29) is 5.97 Å². The number of carbonyl (C=O) groups excluding carboxylic acids is 1. The van der Waals surface area contributed by atoms with Crippen LogP contribution in [0.1, 0.15) is 12.0 Å². The lowest BCUT2D eigenvalue weighted by Gasteiger charge is -1.97. The molecule has 0 unspecified atom stereocenters. The first-order chi connectivity index (χ1) is 9.19. The molecule has 0 fully saturated rings. The molecule has 100 valence electrons. The van der Waals surface area contributed by atoms with Crippen LogP contribution < -0.4 is 0 Å². The highest BCUT2D eigenvalue weighted by atomic mass is 32.2. The van der Waals surface area contributed by atoms with Gasteiger partial charge in [0.1, 0.15) is 5.01 Å². The van der Waals surface area contributed by atoms with Crippen LogP contribution in [0.3, 0.4) is 0 Å². The standard InChI is InChI=1S/C13H14N2O2S2/c1-9-4-3-5-10(8-9)12-14-15-13(19-12)18-7-6-11(16)17-2/h3-5,8H,6-7H2,1-2H3. The SMILES string of the molecule is COC(=O)CCSc1nnc(-c2cccc(C)c2)s1. The molecule has 4 nitrogen and oxygen atoms in total. The van der Waals surface area contributed by atoms with Gasteiger partial charge in [-0.05, 0) is 13.0 Å². The number of hydrogen-bond donors (Lipinski definition) is 0. The van der Waals surface area contributed by atoms with E-state index in [1.807, 2.05) is 12.1 Å². The van der Waals surface area contributed by atoms with Gasteiger partial charge in [0, 0.05) is 11.3 Å². The van der Waals surface area contributed by atoms with E-state index < -0.39 is 0 Å². The van der Waals surface area contributed by atoms with Crippen molar-refractivity contribution in [2.45, 2.75) is 17.7 Å². The van der Waals surface area contributed by atoms with E-state index in [0.717, 1.165) is 14.9 Å². The van der Waals surface area contributed by atoms with Gasteiger partial charge in [-0.15, -0.1) is 10.2 Å². The molecule has 0 bridgehead atoms. The largest absolute Gasteiger partial charge is 0.469 e. The van der Waals surface area contributed by atoms with Gasteiger partial charge in [-0.25, -0.2) is 0 Å². The maximum absolute atomic E-state index is 11.0. The van der Waals surface area contributed by atoms with Crippen LogP contribution in [0.15, 0.2) is 28.6 Å². The lowest BCUT2D eigenvalue weighted by atomic mass is 10.1. The number of rotatable bonds is 5. The molecule has 1 aromatic heterocycles. The van der Waals surface area contributed by atoms with Crippen LogP contribution in [-0.4, -0.2) is 29.0 Å². The van der Waals surface area contributed by atoms with Crippen LogP contribution in [0, 0.1) is 6.92 Å². The summed E-state index contributed by atoms with van der Waals surface area (Å²) in [5, 5.41) is 9.21. The predicted octanol–water partition coefficient (Wildman–Crippen LogP) is 3.17. The number of nitrogens with zero attached hydrogens (tertiary/aromatic N) is 2.